The number of halogens is 1. The molecule has 0 radical (unpaired) electrons. The predicted octanol–water partition coefficient (Wildman–Crippen LogP) is 6.65. The van der Waals surface area contributed by atoms with E-state index in [0.717, 1.165) is 44.0 Å². The minimum atomic E-state index is -0.348. The Morgan fingerprint density at radius 2 is 1.58 bits per heavy atom. The van der Waals surface area contributed by atoms with Crippen LogP contribution in [0.5, 0.6) is 11.5 Å². The maximum absolute atomic E-state index is 11.8. The first-order valence-corrected chi connectivity index (χ1v) is 12.9. The van der Waals surface area contributed by atoms with Gasteiger partial charge in [-0.15, -0.1) is 0 Å². The van der Waals surface area contributed by atoms with Gasteiger partial charge in [-0.25, -0.2) is 4.79 Å². The number of hydrogen-bond acceptors (Lipinski definition) is 4. The SMILES string of the molecule is C=C(COc1ccc(C(=O)OC)cc1I)c1ccc(OC)c(C23CC4CC(CC(C4)C2)C3)c1. The lowest BCUT2D eigenvalue weighted by Gasteiger charge is -2.57. The van der Waals surface area contributed by atoms with Crippen LogP contribution in [0.2, 0.25) is 0 Å². The maximum Gasteiger partial charge on any atom is 0.337 e. The summed E-state index contributed by atoms with van der Waals surface area (Å²) in [5, 5.41) is 0. The van der Waals surface area contributed by atoms with E-state index in [0.29, 0.717) is 12.2 Å². The summed E-state index contributed by atoms with van der Waals surface area (Å²) in [7, 11) is 3.17. The highest BCUT2D eigenvalue weighted by atomic mass is 127. The molecule has 0 amide bonds. The molecule has 0 saturated heterocycles. The molecule has 0 heterocycles. The summed E-state index contributed by atoms with van der Waals surface area (Å²) in [6, 6.07) is 11.9. The van der Waals surface area contributed by atoms with Gasteiger partial charge in [0, 0.05) is 5.56 Å². The second-order valence-electron chi connectivity index (χ2n) is 10.1. The van der Waals surface area contributed by atoms with E-state index in [4.69, 9.17) is 14.2 Å². The first-order chi connectivity index (χ1) is 15.9. The van der Waals surface area contributed by atoms with Crippen LogP contribution in [0.4, 0.5) is 0 Å². The largest absolute Gasteiger partial charge is 0.496 e. The van der Waals surface area contributed by atoms with Gasteiger partial charge in [0.15, 0.2) is 0 Å². The molecule has 0 aliphatic heterocycles. The summed E-state index contributed by atoms with van der Waals surface area (Å²) < 4.78 is 17.6. The Hall–Kier alpha value is -2.02. The van der Waals surface area contributed by atoms with E-state index >= 15 is 0 Å². The van der Waals surface area contributed by atoms with Crippen LogP contribution in [0.1, 0.15) is 60.0 Å². The van der Waals surface area contributed by atoms with Gasteiger partial charge >= 0.3 is 5.97 Å². The lowest BCUT2D eigenvalue weighted by Crippen LogP contribution is -2.48. The normalized spacial score (nSPS) is 27.3. The van der Waals surface area contributed by atoms with Gasteiger partial charge in [-0.2, -0.15) is 0 Å². The van der Waals surface area contributed by atoms with Gasteiger partial charge in [-0.3, -0.25) is 0 Å². The molecule has 33 heavy (non-hydrogen) atoms. The molecule has 0 spiro atoms. The zero-order valence-electron chi connectivity index (χ0n) is 19.4. The molecule has 174 valence electrons. The summed E-state index contributed by atoms with van der Waals surface area (Å²) in [6.07, 6.45) is 8.17. The van der Waals surface area contributed by atoms with Crippen molar-refractivity contribution < 1.29 is 19.0 Å². The Labute approximate surface area is 209 Å². The third-order valence-electron chi connectivity index (χ3n) is 7.97. The molecule has 4 aliphatic rings. The molecule has 4 aliphatic carbocycles. The molecular weight excluding hydrogens is 527 g/mol. The summed E-state index contributed by atoms with van der Waals surface area (Å²) >= 11 is 2.18. The van der Waals surface area contributed by atoms with Crippen molar-refractivity contribution in [2.24, 2.45) is 17.8 Å². The van der Waals surface area contributed by atoms with Crippen molar-refractivity contribution in [1.82, 2.24) is 0 Å². The van der Waals surface area contributed by atoms with Crippen molar-refractivity contribution >= 4 is 34.1 Å². The minimum absolute atomic E-state index is 0.260. The van der Waals surface area contributed by atoms with Crippen LogP contribution in [0.25, 0.3) is 5.57 Å². The second-order valence-corrected chi connectivity index (χ2v) is 11.3. The number of carbonyl (C=O) groups is 1. The van der Waals surface area contributed by atoms with Crippen LogP contribution in [-0.2, 0) is 10.2 Å². The van der Waals surface area contributed by atoms with Gasteiger partial charge in [0.1, 0.15) is 18.1 Å². The predicted molar refractivity (Wildman–Crippen MR) is 138 cm³/mol. The Morgan fingerprint density at radius 1 is 0.970 bits per heavy atom. The molecule has 2 aromatic carbocycles. The van der Waals surface area contributed by atoms with Crippen LogP contribution in [-0.4, -0.2) is 26.8 Å². The Kier molecular flexibility index (Phi) is 6.19. The first-order valence-electron chi connectivity index (χ1n) is 11.8. The number of methoxy groups -OCH3 is 2. The summed E-state index contributed by atoms with van der Waals surface area (Å²) in [5.41, 5.74) is 4.21. The van der Waals surface area contributed by atoms with E-state index in [1.165, 1.54) is 51.2 Å². The molecule has 2 aromatic rings. The molecule has 0 aromatic heterocycles. The van der Waals surface area contributed by atoms with Crippen molar-refractivity contribution in [3.8, 4) is 11.5 Å². The van der Waals surface area contributed by atoms with E-state index in [-0.39, 0.29) is 11.4 Å². The van der Waals surface area contributed by atoms with Crippen LogP contribution in [0.15, 0.2) is 43.0 Å². The highest BCUT2D eigenvalue weighted by Gasteiger charge is 2.52. The van der Waals surface area contributed by atoms with Gasteiger partial charge in [-0.05, 0) is 126 Å². The van der Waals surface area contributed by atoms with E-state index < -0.39 is 0 Å². The third kappa shape index (κ3) is 4.29. The maximum atomic E-state index is 11.8. The first kappa shape index (κ1) is 22.8. The van der Waals surface area contributed by atoms with Crippen LogP contribution in [0, 0.1) is 21.3 Å². The highest BCUT2D eigenvalue weighted by molar-refractivity contribution is 14.1. The number of benzene rings is 2. The topological polar surface area (TPSA) is 44.8 Å². The molecule has 5 heteroatoms. The van der Waals surface area contributed by atoms with Gasteiger partial charge in [0.2, 0.25) is 0 Å². The molecule has 4 saturated carbocycles. The number of esters is 1. The smallest absolute Gasteiger partial charge is 0.337 e. The number of rotatable bonds is 7. The lowest BCUT2D eigenvalue weighted by atomic mass is 9.48. The minimum Gasteiger partial charge on any atom is -0.496 e. The summed E-state index contributed by atoms with van der Waals surface area (Å²) in [4.78, 5) is 11.8. The quantitative estimate of drug-likeness (QED) is 0.282. The Bertz CT molecular complexity index is 1050. The van der Waals surface area contributed by atoms with Gasteiger partial charge in [0.25, 0.3) is 0 Å². The fourth-order valence-corrected chi connectivity index (χ4v) is 7.56. The second kappa shape index (κ2) is 8.97. The van der Waals surface area contributed by atoms with Gasteiger partial charge < -0.3 is 14.2 Å². The molecule has 0 N–H and O–H groups in total. The van der Waals surface area contributed by atoms with Crippen molar-refractivity contribution in [1.29, 1.82) is 0 Å². The third-order valence-corrected chi connectivity index (χ3v) is 8.82. The average molecular weight is 558 g/mol. The van der Waals surface area contributed by atoms with E-state index in [1.807, 2.05) is 6.07 Å². The Balaban J connectivity index is 1.35. The van der Waals surface area contributed by atoms with Crippen LogP contribution in [0.3, 0.4) is 0 Å². The summed E-state index contributed by atoms with van der Waals surface area (Å²) in [6.45, 7) is 4.72. The van der Waals surface area contributed by atoms with Gasteiger partial charge in [-0.1, -0.05) is 12.6 Å². The number of hydrogen-bond donors (Lipinski definition) is 0. The fourth-order valence-electron chi connectivity index (χ4n) is 6.89. The van der Waals surface area contributed by atoms with Crippen LogP contribution < -0.4 is 9.47 Å². The monoisotopic (exact) mass is 558 g/mol. The summed E-state index contributed by atoms with van der Waals surface area (Å²) in [5.74, 6) is 4.05. The standard InChI is InChI=1S/C28H31IO4/c1-17(16-33-26-7-5-22(12-24(26)29)27(30)32-3)21-4-6-25(31-2)23(11-21)28-13-18-8-19(14-28)10-20(9-18)15-28/h4-7,11-12,18-20H,1,8-10,13-16H2,2-3H3. The average Bonchev–Trinajstić information content (AvgIpc) is 2.81. The Morgan fingerprint density at radius 3 is 2.15 bits per heavy atom. The van der Waals surface area contributed by atoms with E-state index in [1.54, 1.807) is 19.2 Å². The van der Waals surface area contributed by atoms with Crippen molar-refractivity contribution in [3.63, 3.8) is 0 Å². The van der Waals surface area contributed by atoms with Crippen molar-refractivity contribution in [2.45, 2.75) is 43.9 Å². The van der Waals surface area contributed by atoms with Crippen molar-refractivity contribution in [2.75, 3.05) is 20.8 Å². The molecule has 4 bridgehead atoms. The van der Waals surface area contributed by atoms with Crippen molar-refractivity contribution in [3.05, 3.63) is 63.2 Å². The number of ether oxygens (including phenoxy) is 3. The number of carbonyl (C=O) groups excluding carboxylic acids is 1. The zero-order valence-corrected chi connectivity index (χ0v) is 21.5. The molecule has 4 nitrogen and oxygen atoms in total. The molecular formula is C28H31IO4. The molecule has 0 atom stereocenters. The zero-order chi connectivity index (χ0) is 23.2. The highest BCUT2D eigenvalue weighted by Crippen LogP contribution is 2.62. The lowest BCUT2D eigenvalue weighted by molar-refractivity contribution is -0.00616. The fraction of sp³-hybridized carbons (Fsp3) is 0.464. The van der Waals surface area contributed by atoms with Crippen LogP contribution >= 0.6 is 22.6 Å². The van der Waals surface area contributed by atoms with E-state index in [9.17, 15) is 4.79 Å². The molecule has 4 fully saturated rings. The van der Waals surface area contributed by atoms with E-state index in [2.05, 4.69) is 47.4 Å². The molecule has 0 unspecified atom stereocenters. The molecule has 6 rings (SSSR count). The van der Waals surface area contributed by atoms with Gasteiger partial charge in [0.05, 0.1) is 23.4 Å².